The molecule has 0 bridgehead atoms. The van der Waals surface area contributed by atoms with Crippen molar-refractivity contribution in [1.29, 1.82) is 0 Å². The summed E-state index contributed by atoms with van der Waals surface area (Å²) >= 11 is 3.55. The first-order valence-electron chi connectivity index (χ1n) is 7.99. The van der Waals surface area contributed by atoms with Gasteiger partial charge in [-0.1, -0.05) is 69.9 Å². The van der Waals surface area contributed by atoms with E-state index in [9.17, 15) is 8.42 Å². The molecule has 0 unspecified atom stereocenters. The lowest BCUT2D eigenvalue weighted by Crippen LogP contribution is -2.08. The van der Waals surface area contributed by atoms with Crippen LogP contribution in [0.25, 0.3) is 32.7 Å². The Morgan fingerprint density at radius 3 is 1.84 bits per heavy atom. The number of benzene rings is 4. The summed E-state index contributed by atoms with van der Waals surface area (Å²) in [5.41, 5.74) is 2.64. The Morgan fingerprint density at radius 2 is 1.20 bits per heavy atom. The van der Waals surface area contributed by atoms with Crippen LogP contribution in [0.2, 0.25) is 0 Å². The van der Waals surface area contributed by atoms with Crippen LogP contribution in [0.15, 0.2) is 74.9 Å². The highest BCUT2D eigenvalue weighted by atomic mass is 79.9. The summed E-state index contributed by atoms with van der Waals surface area (Å²) in [4.78, 5) is 0.811. The van der Waals surface area contributed by atoms with Crippen molar-refractivity contribution in [2.24, 2.45) is 0 Å². The quantitative estimate of drug-likeness (QED) is 0.366. The second kappa shape index (κ2) is 4.96. The summed E-state index contributed by atoms with van der Waals surface area (Å²) in [5.74, 6) is 0. The maximum Gasteiger partial charge on any atom is 0.207 e. The first-order valence-corrected chi connectivity index (χ1v) is 10.3. The van der Waals surface area contributed by atoms with E-state index in [0.29, 0.717) is 9.79 Å². The van der Waals surface area contributed by atoms with Crippen LogP contribution in [0, 0.1) is 0 Å². The number of hydrogen-bond donors (Lipinski definition) is 0. The van der Waals surface area contributed by atoms with Gasteiger partial charge >= 0.3 is 0 Å². The normalized spacial score (nSPS) is 14.6. The van der Waals surface area contributed by atoms with Gasteiger partial charge in [0.25, 0.3) is 0 Å². The molecule has 0 saturated heterocycles. The van der Waals surface area contributed by atoms with Gasteiger partial charge in [-0.2, -0.15) is 0 Å². The van der Waals surface area contributed by atoms with Crippen LogP contribution in [0.4, 0.5) is 0 Å². The Labute approximate surface area is 154 Å². The fourth-order valence-corrected chi connectivity index (χ4v) is 6.42. The Kier molecular flexibility index (Phi) is 3.01. The minimum Gasteiger partial charge on any atom is -0.218 e. The maximum atomic E-state index is 13.2. The molecule has 0 radical (unpaired) electrons. The number of fused-ring (bicyclic) bond motifs is 7. The van der Waals surface area contributed by atoms with Crippen LogP contribution in [0.1, 0.15) is 0 Å². The highest BCUT2D eigenvalue weighted by molar-refractivity contribution is 9.10. The van der Waals surface area contributed by atoms with Crippen molar-refractivity contribution in [3.63, 3.8) is 0 Å². The monoisotopic (exact) mass is 406 g/mol. The molecule has 1 aliphatic heterocycles. The molecular weight excluding hydrogens is 395 g/mol. The molecule has 2 nitrogen and oxygen atoms in total. The molecule has 0 atom stereocenters. The van der Waals surface area contributed by atoms with Gasteiger partial charge in [-0.25, -0.2) is 8.42 Å². The van der Waals surface area contributed by atoms with Gasteiger partial charge in [0.05, 0.1) is 9.79 Å². The molecule has 25 heavy (non-hydrogen) atoms. The highest BCUT2D eigenvalue weighted by Gasteiger charge is 2.36. The van der Waals surface area contributed by atoms with Crippen molar-refractivity contribution in [1.82, 2.24) is 0 Å². The van der Waals surface area contributed by atoms with Crippen LogP contribution in [0.5, 0.6) is 0 Å². The van der Waals surface area contributed by atoms with E-state index in [1.807, 2.05) is 56.4 Å². The van der Waals surface area contributed by atoms with Gasteiger partial charge < -0.3 is 0 Å². The lowest BCUT2D eigenvalue weighted by molar-refractivity contribution is 0.599. The van der Waals surface area contributed by atoms with Gasteiger partial charge in [-0.15, -0.1) is 0 Å². The van der Waals surface area contributed by atoms with Gasteiger partial charge in [0, 0.05) is 15.6 Å². The van der Waals surface area contributed by atoms with Crippen molar-refractivity contribution in [2.75, 3.05) is 0 Å². The standard InChI is InChI=1S/C20H12BBrO2S/c21-15-9-17-19(13-7-3-1-5-11(13)15)20-14-8-4-2-6-12(14)16(22)10-18(20)25(17,23)24/h1-10H,21H2. The summed E-state index contributed by atoms with van der Waals surface area (Å²) in [5, 5.41) is 4.07. The lowest BCUT2D eigenvalue weighted by atomic mass is 9.85. The average Bonchev–Trinajstić information content (AvgIpc) is 2.84. The van der Waals surface area contributed by atoms with E-state index in [1.54, 1.807) is 6.07 Å². The molecule has 0 aromatic heterocycles. The van der Waals surface area contributed by atoms with Gasteiger partial charge in [0.1, 0.15) is 7.85 Å². The second-order valence-electron chi connectivity index (χ2n) is 6.39. The molecule has 0 N–H and O–H groups in total. The van der Waals surface area contributed by atoms with Crippen molar-refractivity contribution in [2.45, 2.75) is 9.79 Å². The van der Waals surface area contributed by atoms with Crippen LogP contribution >= 0.6 is 15.9 Å². The van der Waals surface area contributed by atoms with E-state index >= 15 is 0 Å². The zero-order chi connectivity index (χ0) is 17.3. The van der Waals surface area contributed by atoms with E-state index in [4.69, 9.17) is 0 Å². The van der Waals surface area contributed by atoms with Crippen molar-refractivity contribution in [3.8, 4) is 11.1 Å². The zero-order valence-electron chi connectivity index (χ0n) is 13.4. The van der Waals surface area contributed by atoms with Gasteiger partial charge in [-0.3, -0.25) is 0 Å². The number of rotatable bonds is 0. The smallest absolute Gasteiger partial charge is 0.207 e. The topological polar surface area (TPSA) is 34.1 Å². The first kappa shape index (κ1) is 15.2. The number of hydrogen-bond acceptors (Lipinski definition) is 2. The number of halogens is 1. The van der Waals surface area contributed by atoms with Crippen molar-refractivity contribution >= 4 is 60.6 Å². The summed E-state index contributed by atoms with van der Waals surface area (Å²) in [6, 6.07) is 19.5. The molecule has 4 aromatic rings. The van der Waals surface area contributed by atoms with Crippen LogP contribution in [0.3, 0.4) is 0 Å². The van der Waals surface area contributed by atoms with Gasteiger partial charge in [0.15, 0.2) is 0 Å². The summed E-state index contributed by atoms with van der Waals surface area (Å²) in [7, 11) is -1.56. The van der Waals surface area contributed by atoms with Crippen LogP contribution in [-0.4, -0.2) is 16.3 Å². The van der Waals surface area contributed by atoms with Crippen LogP contribution < -0.4 is 5.46 Å². The molecule has 4 aromatic carbocycles. The van der Waals surface area contributed by atoms with Crippen molar-refractivity contribution < 1.29 is 8.42 Å². The van der Waals surface area contributed by atoms with Gasteiger partial charge in [0.2, 0.25) is 9.84 Å². The van der Waals surface area contributed by atoms with Crippen LogP contribution in [-0.2, 0) is 9.84 Å². The fourth-order valence-electron chi connectivity index (χ4n) is 3.89. The second-order valence-corrected chi connectivity index (χ2v) is 9.13. The largest absolute Gasteiger partial charge is 0.218 e. The minimum absolute atomic E-state index is 0.392. The molecule has 0 amide bonds. The Balaban J connectivity index is 2.12. The molecule has 1 heterocycles. The van der Waals surface area contributed by atoms with E-state index < -0.39 is 9.84 Å². The summed E-state index contributed by atoms with van der Waals surface area (Å²) < 4.78 is 27.3. The molecule has 120 valence electrons. The third-order valence-corrected chi connectivity index (χ3v) is 7.46. The third kappa shape index (κ3) is 1.88. The van der Waals surface area contributed by atoms with E-state index in [2.05, 4.69) is 22.0 Å². The molecule has 0 aliphatic carbocycles. The Hall–Kier alpha value is -2.11. The molecule has 0 spiro atoms. The third-order valence-electron chi connectivity index (χ3n) is 5.00. The SMILES string of the molecule is Bc1cc2c(c3ccccc13)-c1c(cc(Br)c3ccccc13)S2(=O)=O. The first-order chi connectivity index (χ1) is 12.0. The predicted octanol–water partition coefficient (Wildman–Crippen LogP) is 3.83. The van der Waals surface area contributed by atoms with E-state index in [1.165, 1.54) is 0 Å². The fraction of sp³-hybridized carbons (Fsp3) is 0. The molecule has 0 saturated carbocycles. The maximum absolute atomic E-state index is 13.2. The Bertz CT molecular complexity index is 1230. The number of sulfone groups is 1. The summed E-state index contributed by atoms with van der Waals surface area (Å²) in [6.07, 6.45) is 0. The van der Waals surface area contributed by atoms with Crippen molar-refractivity contribution in [3.05, 3.63) is 65.1 Å². The average molecular weight is 407 g/mol. The molecule has 5 heteroatoms. The zero-order valence-corrected chi connectivity index (χ0v) is 15.8. The van der Waals surface area contributed by atoms with Gasteiger partial charge in [-0.05, 0) is 33.7 Å². The molecule has 5 rings (SSSR count). The lowest BCUT2D eigenvalue weighted by Gasteiger charge is -2.11. The predicted molar refractivity (Wildman–Crippen MR) is 108 cm³/mol. The highest BCUT2D eigenvalue weighted by Crippen LogP contribution is 2.50. The molecular formula is C20H12BBrO2S. The molecule has 1 aliphatic rings. The summed E-state index contributed by atoms with van der Waals surface area (Å²) in [6.45, 7) is 0. The minimum atomic E-state index is -3.52. The Morgan fingerprint density at radius 1 is 0.720 bits per heavy atom. The molecule has 0 fully saturated rings. The van der Waals surface area contributed by atoms with E-state index in [0.717, 1.165) is 42.6 Å². The van der Waals surface area contributed by atoms with E-state index in [-0.39, 0.29) is 0 Å².